The van der Waals surface area contributed by atoms with Crippen LogP contribution in [0.15, 0.2) is 91.0 Å². The van der Waals surface area contributed by atoms with Crippen LogP contribution in [-0.2, 0) is 0 Å². The molecule has 1 nitrogen and oxygen atoms in total. The largest absolute Gasteiger partial charge is 0.317 e. The van der Waals surface area contributed by atoms with E-state index in [1.165, 1.54) is 15.9 Å². The van der Waals surface area contributed by atoms with Crippen molar-refractivity contribution in [2.75, 3.05) is 6.54 Å². The summed E-state index contributed by atoms with van der Waals surface area (Å²) >= 11 is 0. The third-order valence-corrected chi connectivity index (χ3v) is 8.28. The molecule has 0 unspecified atom stereocenters. The van der Waals surface area contributed by atoms with Gasteiger partial charge in [0.1, 0.15) is 0 Å². The molecule has 3 aromatic carbocycles. The van der Waals surface area contributed by atoms with E-state index in [1.54, 1.807) is 0 Å². The normalized spacial score (nSPS) is 10.8. The molecular formula is C22H20NP. The highest BCUT2D eigenvalue weighted by atomic mass is 31.2. The first-order valence-corrected chi connectivity index (χ1v) is 9.97. The Balaban J connectivity index is 2.33. The molecule has 3 rings (SSSR count). The molecule has 0 saturated carbocycles. The molecule has 3 aromatic rings. The number of rotatable bonds is 5. The third kappa shape index (κ3) is 3.21. The van der Waals surface area contributed by atoms with Crippen LogP contribution in [0.4, 0.5) is 0 Å². The molecule has 0 aromatic heterocycles. The summed E-state index contributed by atoms with van der Waals surface area (Å²) in [5.74, 6) is 2.41. The zero-order valence-corrected chi connectivity index (χ0v) is 14.4. The molecule has 0 radical (unpaired) electrons. The lowest BCUT2D eigenvalue weighted by atomic mass is 10.4. The fraction of sp³-hybridized carbons (Fsp3) is 0.0909. The molecule has 0 N–H and O–H groups in total. The Bertz CT molecular complexity index is 759. The van der Waals surface area contributed by atoms with Gasteiger partial charge in [-0.3, -0.25) is 0 Å². The van der Waals surface area contributed by atoms with Crippen LogP contribution in [0.2, 0.25) is 0 Å². The van der Waals surface area contributed by atoms with Crippen LogP contribution in [0.1, 0.15) is 6.42 Å². The van der Waals surface area contributed by atoms with E-state index in [0.29, 0.717) is 6.54 Å². The summed E-state index contributed by atoms with van der Waals surface area (Å²) in [6.45, 7) is 5.83. The quantitative estimate of drug-likeness (QED) is 0.377. The van der Waals surface area contributed by atoms with Gasteiger partial charge in [-0.25, -0.2) is 6.57 Å². The van der Waals surface area contributed by atoms with E-state index in [0.717, 1.165) is 6.42 Å². The van der Waals surface area contributed by atoms with Crippen molar-refractivity contribution < 1.29 is 0 Å². The smallest absolute Gasteiger partial charge is 0.218 e. The zero-order chi connectivity index (χ0) is 16.7. The van der Waals surface area contributed by atoms with Crippen LogP contribution in [0.3, 0.4) is 0 Å². The average Bonchev–Trinajstić information content (AvgIpc) is 2.68. The Morgan fingerprint density at radius 1 is 0.667 bits per heavy atom. The Hall–Kier alpha value is -2.55. The number of nitrogens with zero attached hydrogens (tertiary/aromatic N) is 1. The first kappa shape index (κ1) is 16.3. The molecule has 0 atom stereocenters. The highest BCUT2D eigenvalue weighted by molar-refractivity contribution is 7.94. The Morgan fingerprint density at radius 3 is 1.38 bits per heavy atom. The van der Waals surface area contributed by atoms with Crippen molar-refractivity contribution in [2.45, 2.75) is 6.42 Å². The fourth-order valence-electron chi connectivity index (χ4n) is 3.07. The lowest BCUT2D eigenvalue weighted by Gasteiger charge is -2.28. The molecule has 118 valence electrons. The summed E-state index contributed by atoms with van der Waals surface area (Å²) in [6, 6.07) is 32.2. The van der Waals surface area contributed by atoms with Crippen molar-refractivity contribution in [3.63, 3.8) is 0 Å². The van der Waals surface area contributed by atoms with Crippen molar-refractivity contribution >= 4 is 28.6 Å². The van der Waals surface area contributed by atoms with E-state index in [9.17, 15) is 0 Å². The molecule has 24 heavy (non-hydrogen) atoms. The van der Waals surface area contributed by atoms with Gasteiger partial charge in [-0.2, -0.15) is 0 Å². The first-order valence-electron chi connectivity index (χ1n) is 8.11. The number of hydrogen-bond donors (Lipinski definition) is 0. The van der Waals surface area contributed by atoms with Crippen LogP contribution >= 0.6 is 6.89 Å². The van der Waals surface area contributed by atoms with Crippen molar-refractivity contribution in [3.8, 4) is 0 Å². The van der Waals surface area contributed by atoms with Crippen LogP contribution < -0.4 is 15.9 Å². The molecule has 0 spiro atoms. The molecule has 0 amide bonds. The maximum Gasteiger partial charge on any atom is 0.218 e. The number of benzene rings is 3. The first-order chi connectivity index (χ1) is 11.9. The Kier molecular flexibility index (Phi) is 5.32. The molecule has 0 fully saturated rings. The summed E-state index contributed by atoms with van der Waals surface area (Å²) in [4.78, 5) is 3.56. The van der Waals surface area contributed by atoms with Crippen LogP contribution in [-0.4, -0.2) is 12.3 Å². The van der Waals surface area contributed by atoms with Gasteiger partial charge in [0.25, 0.3) is 0 Å². The van der Waals surface area contributed by atoms with Crippen molar-refractivity contribution in [3.05, 3.63) is 102 Å². The summed E-state index contributed by atoms with van der Waals surface area (Å²) in [5.41, 5.74) is 0. The molecular weight excluding hydrogens is 309 g/mol. The molecule has 0 aliphatic rings. The average molecular weight is 329 g/mol. The van der Waals surface area contributed by atoms with Crippen molar-refractivity contribution in [2.24, 2.45) is 0 Å². The summed E-state index contributed by atoms with van der Waals surface area (Å²) in [5, 5.41) is 4.02. The van der Waals surface area contributed by atoms with Crippen molar-refractivity contribution in [1.82, 2.24) is 0 Å². The predicted molar refractivity (Wildman–Crippen MR) is 107 cm³/mol. The lowest BCUT2D eigenvalue weighted by molar-refractivity contribution is 1.24. The van der Waals surface area contributed by atoms with E-state index in [2.05, 4.69) is 102 Å². The standard InChI is InChI=1S/C22H20NP/c1-23-18-11-19-24(20-12-5-2-6-13-20,21-14-7-3-8-15-21)22-16-9-4-10-17-22/h2-10,12-17,19H,11,18H2. The molecule has 0 saturated heterocycles. The van der Waals surface area contributed by atoms with Gasteiger partial charge in [-0.1, -0.05) is 96.8 Å². The summed E-state index contributed by atoms with van der Waals surface area (Å²) in [7, 11) is 0. The summed E-state index contributed by atoms with van der Waals surface area (Å²) < 4.78 is 0. The van der Waals surface area contributed by atoms with Gasteiger partial charge in [0.15, 0.2) is 0 Å². The minimum absolute atomic E-state index is 0.536. The van der Waals surface area contributed by atoms with Gasteiger partial charge < -0.3 is 4.85 Å². The highest BCUT2D eigenvalue weighted by Gasteiger charge is 2.24. The van der Waals surface area contributed by atoms with Gasteiger partial charge >= 0.3 is 0 Å². The molecule has 0 aliphatic heterocycles. The maximum atomic E-state index is 7.14. The predicted octanol–water partition coefficient (Wildman–Crippen LogP) is 4.09. The van der Waals surface area contributed by atoms with Crippen LogP contribution in [0.25, 0.3) is 4.85 Å². The molecule has 0 heterocycles. The van der Waals surface area contributed by atoms with E-state index in [-0.39, 0.29) is 0 Å². The zero-order valence-electron chi connectivity index (χ0n) is 13.5. The topological polar surface area (TPSA) is 4.36 Å². The van der Waals surface area contributed by atoms with Crippen LogP contribution in [0.5, 0.6) is 0 Å². The third-order valence-electron chi connectivity index (χ3n) is 4.13. The monoisotopic (exact) mass is 329 g/mol. The number of hydrogen-bond acceptors (Lipinski definition) is 0. The molecule has 0 bridgehead atoms. The highest BCUT2D eigenvalue weighted by Crippen LogP contribution is 2.43. The van der Waals surface area contributed by atoms with Gasteiger partial charge in [-0.05, 0) is 22.8 Å². The van der Waals surface area contributed by atoms with Gasteiger partial charge in [-0.15, -0.1) is 0 Å². The fourth-order valence-corrected chi connectivity index (χ4v) is 7.03. The van der Waals surface area contributed by atoms with E-state index in [4.69, 9.17) is 6.57 Å². The van der Waals surface area contributed by atoms with E-state index >= 15 is 0 Å². The second kappa shape index (κ2) is 7.82. The SMILES string of the molecule is [C-]#[N+]CCC=P(c1ccccc1)(c1ccccc1)c1ccccc1. The van der Waals surface area contributed by atoms with E-state index in [1.807, 2.05) is 0 Å². The second-order valence-electron chi connectivity index (χ2n) is 5.58. The maximum absolute atomic E-state index is 7.14. The lowest BCUT2D eigenvalue weighted by Crippen LogP contribution is -2.27. The van der Waals surface area contributed by atoms with Crippen LogP contribution in [0, 0.1) is 6.57 Å². The minimum atomic E-state index is -1.85. The van der Waals surface area contributed by atoms with Gasteiger partial charge in [0.2, 0.25) is 6.54 Å². The van der Waals surface area contributed by atoms with Gasteiger partial charge in [0.05, 0.1) is 0 Å². The van der Waals surface area contributed by atoms with E-state index < -0.39 is 6.89 Å². The second-order valence-corrected chi connectivity index (χ2v) is 8.94. The summed E-state index contributed by atoms with van der Waals surface area (Å²) in [6.07, 6.45) is 0.802. The molecule has 2 heteroatoms. The van der Waals surface area contributed by atoms with Gasteiger partial charge in [0, 0.05) is 6.42 Å². The molecule has 0 aliphatic carbocycles. The Morgan fingerprint density at radius 2 is 1.04 bits per heavy atom. The Labute approximate surface area is 144 Å². The minimum Gasteiger partial charge on any atom is -0.317 e. The van der Waals surface area contributed by atoms with Crippen molar-refractivity contribution in [1.29, 1.82) is 0 Å².